The number of anilines is 1. The Labute approximate surface area is 197 Å². The number of hydrogen-bond acceptors (Lipinski definition) is 7. The Bertz CT molecular complexity index is 855. The fourth-order valence-corrected chi connectivity index (χ4v) is 4.16. The Morgan fingerprint density at radius 3 is 1.97 bits per heavy atom. The van der Waals surface area contributed by atoms with Crippen LogP contribution in [0.5, 0.6) is 0 Å². The Balaban J connectivity index is 1.52. The molecule has 0 saturated carbocycles. The summed E-state index contributed by atoms with van der Waals surface area (Å²) in [6.45, 7) is 10.7. The molecule has 9 nitrogen and oxygen atoms in total. The number of piperazine rings is 1. The van der Waals surface area contributed by atoms with Crippen molar-refractivity contribution in [3.63, 3.8) is 0 Å². The average Bonchev–Trinajstić information content (AvgIpc) is 2.72. The molecule has 34 heavy (non-hydrogen) atoms. The molecule has 0 spiro atoms. The second-order valence-electron chi connectivity index (χ2n) is 9.83. The van der Waals surface area contributed by atoms with Crippen molar-refractivity contribution in [1.29, 1.82) is 0 Å². The van der Waals surface area contributed by atoms with Gasteiger partial charge in [0.25, 0.3) is 0 Å². The maximum atomic E-state index is 12.9. The summed E-state index contributed by atoms with van der Waals surface area (Å²) >= 11 is 0. The first-order valence-corrected chi connectivity index (χ1v) is 11.4. The minimum Gasteiger partial charge on any atom is -0.446 e. The summed E-state index contributed by atoms with van der Waals surface area (Å²) in [6, 6.07) is -0.520. The molecule has 2 atom stereocenters. The normalized spacial score (nSPS) is 22.5. The number of aromatic nitrogens is 2. The number of hydrogen-bond donors (Lipinski definition) is 0. The summed E-state index contributed by atoms with van der Waals surface area (Å²) in [5.74, 6) is 0.189. The number of piperidine rings is 1. The molecule has 3 heterocycles. The van der Waals surface area contributed by atoms with E-state index >= 15 is 0 Å². The smallest absolute Gasteiger partial charge is 0.419 e. The quantitative estimate of drug-likeness (QED) is 0.625. The highest BCUT2D eigenvalue weighted by molar-refractivity contribution is 5.70. The van der Waals surface area contributed by atoms with Gasteiger partial charge in [-0.05, 0) is 34.6 Å². The third-order valence-electron chi connectivity index (χ3n) is 5.74. The largest absolute Gasteiger partial charge is 0.446 e. The summed E-state index contributed by atoms with van der Waals surface area (Å²) in [5, 5.41) is 0. The van der Waals surface area contributed by atoms with Crippen LogP contribution in [0.1, 0.15) is 53.0 Å². The third kappa shape index (κ3) is 6.41. The summed E-state index contributed by atoms with van der Waals surface area (Å²) in [6.07, 6.45) is -3.04. The van der Waals surface area contributed by atoms with E-state index in [1.807, 2.05) is 34.6 Å². The molecular formula is C22H32F3N5O4. The molecule has 12 heteroatoms. The van der Waals surface area contributed by atoms with Gasteiger partial charge in [0.2, 0.25) is 5.95 Å². The van der Waals surface area contributed by atoms with Crippen LogP contribution in [0.15, 0.2) is 12.4 Å². The van der Waals surface area contributed by atoms with Gasteiger partial charge in [-0.15, -0.1) is 0 Å². The molecule has 2 aliphatic rings. The monoisotopic (exact) mass is 487 g/mol. The van der Waals surface area contributed by atoms with Gasteiger partial charge in [0.15, 0.2) is 0 Å². The zero-order chi connectivity index (χ0) is 25.3. The summed E-state index contributed by atoms with van der Waals surface area (Å²) in [4.78, 5) is 37.9. The minimum atomic E-state index is -4.50. The van der Waals surface area contributed by atoms with E-state index in [9.17, 15) is 22.8 Å². The SMILES string of the molecule is C[C@@H]1CN(c2ncc(C(F)(F)F)cn2)C[C@H](C)N1C(=O)OC1CCN(C(=O)OC(C)(C)C)CC1. The van der Waals surface area contributed by atoms with Gasteiger partial charge in [-0.1, -0.05) is 0 Å². The molecule has 0 radical (unpaired) electrons. The van der Waals surface area contributed by atoms with Crippen LogP contribution in [0, 0.1) is 0 Å². The Hall–Kier alpha value is -2.79. The summed E-state index contributed by atoms with van der Waals surface area (Å²) < 4.78 is 49.4. The van der Waals surface area contributed by atoms with Crippen LogP contribution in [0.4, 0.5) is 28.7 Å². The fraction of sp³-hybridized carbons (Fsp3) is 0.727. The highest BCUT2D eigenvalue weighted by Gasteiger charge is 2.37. The fourth-order valence-electron chi connectivity index (χ4n) is 4.16. The van der Waals surface area contributed by atoms with E-state index in [1.54, 1.807) is 14.7 Å². The standard InChI is InChI=1S/C22H32F3N5O4/c1-14-12-29(18-26-10-16(11-27-18)22(23,24)25)13-15(2)30(14)20(32)33-17-6-8-28(9-7-17)19(31)34-21(3,4)5/h10-11,14-15,17H,6-9,12-13H2,1-5H3/t14-,15+. The number of nitrogens with zero attached hydrogens (tertiary/aromatic N) is 5. The predicted molar refractivity (Wildman–Crippen MR) is 117 cm³/mol. The third-order valence-corrected chi connectivity index (χ3v) is 5.74. The van der Waals surface area contributed by atoms with E-state index in [0.717, 1.165) is 12.4 Å². The number of halogens is 3. The minimum absolute atomic E-state index is 0.189. The zero-order valence-corrected chi connectivity index (χ0v) is 20.1. The molecule has 2 aliphatic heterocycles. The Morgan fingerprint density at radius 2 is 1.50 bits per heavy atom. The number of carbonyl (C=O) groups is 2. The van der Waals surface area contributed by atoms with Crippen LogP contribution in [-0.4, -0.2) is 81.9 Å². The highest BCUT2D eigenvalue weighted by atomic mass is 19.4. The van der Waals surface area contributed by atoms with E-state index in [0.29, 0.717) is 39.0 Å². The predicted octanol–water partition coefficient (Wildman–Crippen LogP) is 3.93. The van der Waals surface area contributed by atoms with Gasteiger partial charge in [0, 0.05) is 51.4 Å². The number of ether oxygens (including phenoxy) is 2. The van der Waals surface area contributed by atoms with Crippen LogP contribution < -0.4 is 4.90 Å². The van der Waals surface area contributed by atoms with Crippen molar-refractivity contribution in [1.82, 2.24) is 19.8 Å². The van der Waals surface area contributed by atoms with E-state index < -0.39 is 23.4 Å². The van der Waals surface area contributed by atoms with Crippen molar-refractivity contribution in [2.45, 2.75) is 77.4 Å². The van der Waals surface area contributed by atoms with Crippen LogP contribution in [0.2, 0.25) is 0 Å². The van der Waals surface area contributed by atoms with Crippen molar-refractivity contribution in [3.05, 3.63) is 18.0 Å². The lowest BCUT2D eigenvalue weighted by atomic mass is 10.1. The number of rotatable bonds is 2. The summed E-state index contributed by atoms with van der Waals surface area (Å²) in [5.41, 5.74) is -1.47. The van der Waals surface area contributed by atoms with Crippen LogP contribution >= 0.6 is 0 Å². The van der Waals surface area contributed by atoms with Crippen molar-refractivity contribution < 1.29 is 32.2 Å². The lowest BCUT2D eigenvalue weighted by molar-refractivity contribution is -0.138. The van der Waals surface area contributed by atoms with Gasteiger partial charge in [-0.25, -0.2) is 19.6 Å². The topological polar surface area (TPSA) is 88.1 Å². The van der Waals surface area contributed by atoms with E-state index in [2.05, 4.69) is 9.97 Å². The van der Waals surface area contributed by atoms with E-state index in [1.165, 1.54) is 0 Å². The maximum Gasteiger partial charge on any atom is 0.419 e. The number of likely N-dealkylation sites (tertiary alicyclic amines) is 1. The number of amides is 2. The van der Waals surface area contributed by atoms with Gasteiger partial charge >= 0.3 is 18.4 Å². The molecule has 0 bridgehead atoms. The molecule has 2 amide bonds. The molecule has 190 valence electrons. The van der Waals surface area contributed by atoms with Crippen LogP contribution in [-0.2, 0) is 15.7 Å². The Morgan fingerprint density at radius 1 is 0.971 bits per heavy atom. The first-order valence-electron chi connectivity index (χ1n) is 11.4. The molecule has 0 unspecified atom stereocenters. The molecule has 0 N–H and O–H groups in total. The maximum absolute atomic E-state index is 12.9. The van der Waals surface area contributed by atoms with Gasteiger partial charge in [0.05, 0.1) is 17.6 Å². The van der Waals surface area contributed by atoms with Crippen molar-refractivity contribution in [2.75, 3.05) is 31.1 Å². The molecule has 0 aliphatic carbocycles. The zero-order valence-electron chi connectivity index (χ0n) is 20.1. The highest BCUT2D eigenvalue weighted by Crippen LogP contribution is 2.29. The van der Waals surface area contributed by atoms with Gasteiger partial charge < -0.3 is 19.3 Å². The molecule has 2 fully saturated rings. The van der Waals surface area contributed by atoms with Crippen molar-refractivity contribution in [3.8, 4) is 0 Å². The van der Waals surface area contributed by atoms with E-state index in [4.69, 9.17) is 9.47 Å². The number of carbonyl (C=O) groups excluding carboxylic acids is 2. The van der Waals surface area contributed by atoms with Crippen LogP contribution in [0.25, 0.3) is 0 Å². The molecule has 1 aromatic heterocycles. The summed E-state index contributed by atoms with van der Waals surface area (Å²) in [7, 11) is 0. The van der Waals surface area contributed by atoms with Gasteiger partial charge in [-0.3, -0.25) is 4.90 Å². The van der Waals surface area contributed by atoms with E-state index in [-0.39, 0.29) is 30.2 Å². The molecule has 0 aromatic carbocycles. The van der Waals surface area contributed by atoms with Crippen molar-refractivity contribution in [2.24, 2.45) is 0 Å². The second kappa shape index (κ2) is 9.83. The molecular weight excluding hydrogens is 455 g/mol. The lowest BCUT2D eigenvalue weighted by Crippen LogP contribution is -2.59. The lowest BCUT2D eigenvalue weighted by Gasteiger charge is -2.44. The first kappa shape index (κ1) is 25.8. The number of alkyl halides is 3. The molecule has 2 saturated heterocycles. The Kier molecular flexibility index (Phi) is 7.47. The first-order chi connectivity index (χ1) is 15.7. The van der Waals surface area contributed by atoms with Gasteiger partial charge in [-0.2, -0.15) is 13.2 Å². The molecule has 1 aromatic rings. The average molecular weight is 488 g/mol. The molecule has 3 rings (SSSR count). The second-order valence-corrected chi connectivity index (χ2v) is 9.83. The van der Waals surface area contributed by atoms with Crippen LogP contribution in [0.3, 0.4) is 0 Å². The van der Waals surface area contributed by atoms with Gasteiger partial charge in [0.1, 0.15) is 11.7 Å². The van der Waals surface area contributed by atoms with Crippen molar-refractivity contribution >= 4 is 18.1 Å².